The summed E-state index contributed by atoms with van der Waals surface area (Å²) in [5.74, 6) is -2.84. The van der Waals surface area contributed by atoms with Gasteiger partial charge in [0.05, 0.1) is 7.11 Å². The molecule has 1 amide bonds. The minimum atomic E-state index is -1.26. The van der Waals surface area contributed by atoms with Gasteiger partial charge in [-0.1, -0.05) is 13.0 Å². The fourth-order valence-electron chi connectivity index (χ4n) is 4.37. The highest BCUT2D eigenvalue weighted by Gasteiger charge is 2.19. The monoisotopic (exact) mass is 647 g/mol. The molecule has 2 aliphatic rings. The number of likely N-dealkylation sites (N-methyl/N-ethyl adjacent to an activating group) is 1. The molecule has 2 fully saturated rings. The van der Waals surface area contributed by atoms with Gasteiger partial charge in [-0.25, -0.2) is 19.2 Å². The Balaban J connectivity index is 0.000000545. The molecule has 3 rings (SSSR count). The Hall–Kier alpha value is -4.69. The van der Waals surface area contributed by atoms with E-state index in [9.17, 15) is 24.0 Å². The second kappa shape index (κ2) is 21.9. The van der Waals surface area contributed by atoms with Crippen molar-refractivity contribution in [2.45, 2.75) is 38.6 Å². The third-order valence-corrected chi connectivity index (χ3v) is 6.98. The van der Waals surface area contributed by atoms with E-state index in [2.05, 4.69) is 29.1 Å². The normalized spacial score (nSPS) is 18.6. The van der Waals surface area contributed by atoms with Crippen LogP contribution in [0.1, 0.15) is 38.2 Å². The molecule has 254 valence electrons. The van der Waals surface area contributed by atoms with Crippen molar-refractivity contribution >= 4 is 35.9 Å². The molecular formula is C32H45N3O11. The van der Waals surface area contributed by atoms with Crippen molar-refractivity contribution < 1.29 is 53.9 Å². The van der Waals surface area contributed by atoms with E-state index in [0.717, 1.165) is 62.8 Å². The van der Waals surface area contributed by atoms with Gasteiger partial charge in [0.1, 0.15) is 6.61 Å². The number of piperazine rings is 1. The van der Waals surface area contributed by atoms with Gasteiger partial charge in [0, 0.05) is 69.1 Å². The lowest BCUT2D eigenvalue weighted by Gasteiger charge is -2.32. The summed E-state index contributed by atoms with van der Waals surface area (Å²) in [7, 11) is 3.81. The first-order chi connectivity index (χ1) is 21.8. The van der Waals surface area contributed by atoms with E-state index in [1.54, 1.807) is 13.2 Å². The van der Waals surface area contributed by atoms with Crippen LogP contribution in [0.4, 0.5) is 0 Å². The van der Waals surface area contributed by atoms with Gasteiger partial charge in [0.25, 0.3) is 0 Å². The Morgan fingerprint density at radius 3 is 1.80 bits per heavy atom. The molecule has 1 heterocycles. The highest BCUT2D eigenvalue weighted by atomic mass is 16.5. The first-order valence-corrected chi connectivity index (χ1v) is 14.8. The minimum Gasteiger partial charge on any atom is -0.493 e. The van der Waals surface area contributed by atoms with Crippen molar-refractivity contribution in [3.8, 4) is 11.5 Å². The molecule has 0 aromatic heterocycles. The fourth-order valence-corrected chi connectivity index (χ4v) is 4.37. The van der Waals surface area contributed by atoms with E-state index in [4.69, 9.17) is 29.9 Å². The van der Waals surface area contributed by atoms with E-state index in [1.165, 1.54) is 12.8 Å². The van der Waals surface area contributed by atoms with Crippen molar-refractivity contribution in [1.29, 1.82) is 0 Å². The van der Waals surface area contributed by atoms with Crippen LogP contribution in [-0.2, 0) is 24.0 Å². The van der Waals surface area contributed by atoms with E-state index in [1.807, 2.05) is 24.3 Å². The van der Waals surface area contributed by atoms with Crippen LogP contribution in [-0.4, -0.2) is 120 Å². The maximum Gasteiger partial charge on any atom is 0.328 e. The Morgan fingerprint density at radius 2 is 1.33 bits per heavy atom. The first kappa shape index (κ1) is 39.3. The number of ether oxygens (including phenoxy) is 2. The number of methoxy groups -OCH3 is 1. The van der Waals surface area contributed by atoms with Gasteiger partial charge in [-0.15, -0.1) is 0 Å². The van der Waals surface area contributed by atoms with Crippen LogP contribution in [0.5, 0.6) is 11.5 Å². The maximum absolute atomic E-state index is 12.2. The summed E-state index contributed by atoms with van der Waals surface area (Å²) >= 11 is 0. The lowest BCUT2D eigenvalue weighted by Crippen LogP contribution is -2.45. The topological polar surface area (TPSA) is 203 Å². The molecule has 1 saturated carbocycles. The second-order valence-electron chi connectivity index (χ2n) is 10.7. The molecule has 0 unspecified atom stereocenters. The van der Waals surface area contributed by atoms with Crippen LogP contribution in [0.3, 0.4) is 0 Å². The molecule has 5 N–H and O–H groups in total. The fraction of sp³-hybridized carbons (Fsp3) is 0.469. The third kappa shape index (κ3) is 18.9. The standard InChI is InChI=1S/C24H37N3O3.2C4H4O4/c1-19-4-8-21(9-5-19)25-24(28)11-7-20-6-10-22(23(18-20)29-3)30-17-16-27-14-12-26(2)13-15-27;2*5-3(6)1-2-4(7)8/h6-7,10-11,18-19,21H,4-5,8-9,12-17H2,1-3H3,(H,25,28);2*1-2H,(H,5,6)(H,7,8). The van der Waals surface area contributed by atoms with Gasteiger partial charge < -0.3 is 40.1 Å². The highest BCUT2D eigenvalue weighted by molar-refractivity contribution is 5.92. The molecule has 1 saturated heterocycles. The highest BCUT2D eigenvalue weighted by Crippen LogP contribution is 2.28. The van der Waals surface area contributed by atoms with Crippen LogP contribution in [0.25, 0.3) is 6.08 Å². The molecule has 0 spiro atoms. The number of nitrogens with one attached hydrogen (secondary N) is 1. The third-order valence-electron chi connectivity index (χ3n) is 6.98. The zero-order valence-corrected chi connectivity index (χ0v) is 26.5. The number of carboxylic acids is 4. The SMILES string of the molecule is COc1cc(C=CC(=O)NC2CCC(C)CC2)ccc1OCCN1CCN(C)CC1.O=C(O)C=CC(=O)O.O=C(O)C=CC(=O)O. The van der Waals surface area contributed by atoms with Gasteiger partial charge in [0.2, 0.25) is 5.91 Å². The van der Waals surface area contributed by atoms with Crippen LogP contribution in [0.2, 0.25) is 0 Å². The Morgan fingerprint density at radius 1 is 0.804 bits per heavy atom. The van der Waals surface area contributed by atoms with Crippen LogP contribution >= 0.6 is 0 Å². The van der Waals surface area contributed by atoms with E-state index in [0.29, 0.717) is 42.7 Å². The maximum atomic E-state index is 12.2. The molecule has 1 aromatic carbocycles. The largest absolute Gasteiger partial charge is 0.493 e. The van der Waals surface area contributed by atoms with Gasteiger partial charge in [-0.2, -0.15) is 0 Å². The van der Waals surface area contributed by atoms with Crippen LogP contribution in [0.15, 0.2) is 48.6 Å². The average Bonchev–Trinajstić information content (AvgIpc) is 3.01. The van der Waals surface area contributed by atoms with Crippen molar-refractivity contribution in [1.82, 2.24) is 15.1 Å². The van der Waals surface area contributed by atoms with E-state index in [-0.39, 0.29) is 5.91 Å². The second-order valence-corrected chi connectivity index (χ2v) is 10.7. The number of aliphatic carboxylic acids is 4. The van der Waals surface area contributed by atoms with Crippen molar-refractivity contribution in [2.75, 3.05) is 53.5 Å². The zero-order valence-electron chi connectivity index (χ0n) is 26.5. The van der Waals surface area contributed by atoms with Gasteiger partial charge in [-0.05, 0) is 62.4 Å². The average molecular weight is 648 g/mol. The summed E-state index contributed by atoms with van der Waals surface area (Å²) in [6.07, 6.45) is 10.2. The summed E-state index contributed by atoms with van der Waals surface area (Å²) in [6, 6.07) is 6.10. The molecule has 0 atom stereocenters. The molecule has 14 heteroatoms. The summed E-state index contributed by atoms with van der Waals surface area (Å²) in [5.41, 5.74) is 0.922. The zero-order chi connectivity index (χ0) is 34.5. The molecule has 1 aliphatic carbocycles. The molecule has 1 aromatic rings. The van der Waals surface area contributed by atoms with E-state index >= 15 is 0 Å². The van der Waals surface area contributed by atoms with Gasteiger partial charge in [0.15, 0.2) is 11.5 Å². The predicted octanol–water partition coefficient (Wildman–Crippen LogP) is 2.45. The molecular weight excluding hydrogens is 602 g/mol. The number of rotatable bonds is 12. The summed E-state index contributed by atoms with van der Waals surface area (Å²) in [4.78, 5) is 55.2. The quantitative estimate of drug-likeness (QED) is 0.207. The predicted molar refractivity (Wildman–Crippen MR) is 170 cm³/mol. The Kier molecular flexibility index (Phi) is 18.7. The van der Waals surface area contributed by atoms with Gasteiger partial charge >= 0.3 is 23.9 Å². The number of carbonyl (C=O) groups excluding carboxylic acids is 1. The number of amides is 1. The summed E-state index contributed by atoms with van der Waals surface area (Å²) in [5, 5.41) is 34.4. The minimum absolute atomic E-state index is 0.0268. The lowest BCUT2D eigenvalue weighted by atomic mass is 9.87. The Bertz CT molecular complexity index is 1160. The molecule has 46 heavy (non-hydrogen) atoms. The van der Waals surface area contributed by atoms with Crippen molar-refractivity contribution in [3.63, 3.8) is 0 Å². The van der Waals surface area contributed by atoms with Crippen molar-refractivity contribution in [3.05, 3.63) is 54.1 Å². The lowest BCUT2D eigenvalue weighted by molar-refractivity contribution is -0.134. The summed E-state index contributed by atoms with van der Waals surface area (Å²) in [6.45, 7) is 8.22. The Labute approximate surface area is 268 Å². The number of nitrogens with zero attached hydrogens (tertiary/aromatic N) is 2. The number of hydrogen-bond acceptors (Lipinski definition) is 9. The van der Waals surface area contributed by atoms with Crippen molar-refractivity contribution in [2.24, 2.45) is 5.92 Å². The van der Waals surface area contributed by atoms with E-state index < -0.39 is 23.9 Å². The molecule has 1 aliphatic heterocycles. The van der Waals surface area contributed by atoms with Crippen LogP contribution < -0.4 is 14.8 Å². The number of hydrogen-bond donors (Lipinski definition) is 5. The number of carbonyl (C=O) groups is 5. The smallest absolute Gasteiger partial charge is 0.328 e. The molecule has 0 bridgehead atoms. The molecule has 0 radical (unpaired) electrons. The van der Waals surface area contributed by atoms with Gasteiger partial charge in [-0.3, -0.25) is 9.69 Å². The summed E-state index contributed by atoms with van der Waals surface area (Å²) < 4.78 is 11.5. The van der Waals surface area contributed by atoms with Crippen LogP contribution in [0, 0.1) is 5.92 Å². The molecule has 14 nitrogen and oxygen atoms in total. The first-order valence-electron chi connectivity index (χ1n) is 14.8. The number of carboxylic acid groups (broad SMARTS) is 4. The number of benzene rings is 1.